The lowest BCUT2D eigenvalue weighted by Gasteiger charge is -2.15. The third kappa shape index (κ3) is 3.93. The van der Waals surface area contributed by atoms with Gasteiger partial charge >= 0.3 is 5.97 Å². The number of benzene rings is 1. The molecule has 0 saturated heterocycles. The van der Waals surface area contributed by atoms with E-state index in [0.717, 1.165) is 18.4 Å². The largest absolute Gasteiger partial charge is 0.462 e. The third-order valence-corrected chi connectivity index (χ3v) is 3.46. The Labute approximate surface area is 114 Å². The average Bonchev–Trinajstić information content (AvgIpc) is 2.79. The molecule has 0 heterocycles. The van der Waals surface area contributed by atoms with Gasteiger partial charge in [0.05, 0.1) is 12.7 Å². The number of carbonyl (C=O) groups is 1. The molecule has 0 radical (unpaired) electrons. The van der Waals surface area contributed by atoms with Gasteiger partial charge in [0.1, 0.15) is 6.10 Å². The van der Waals surface area contributed by atoms with Crippen LogP contribution in [0.4, 0.5) is 0 Å². The van der Waals surface area contributed by atoms with Crippen LogP contribution in [0.3, 0.4) is 0 Å². The zero-order valence-corrected chi connectivity index (χ0v) is 11.2. The molecule has 1 saturated carbocycles. The Bertz CT molecular complexity index is 427. The van der Waals surface area contributed by atoms with Gasteiger partial charge in [-0.1, -0.05) is 36.4 Å². The van der Waals surface area contributed by atoms with Gasteiger partial charge in [0.2, 0.25) is 0 Å². The minimum atomic E-state index is -0.236. The van der Waals surface area contributed by atoms with E-state index in [9.17, 15) is 4.79 Å². The molecule has 1 aliphatic carbocycles. The number of ether oxygens (including phenoxy) is 2. The van der Waals surface area contributed by atoms with Crippen LogP contribution in [-0.2, 0) is 20.9 Å². The first-order valence-corrected chi connectivity index (χ1v) is 6.64. The Morgan fingerprint density at radius 1 is 1.37 bits per heavy atom. The van der Waals surface area contributed by atoms with Crippen molar-refractivity contribution in [3.8, 4) is 0 Å². The molecule has 1 aromatic carbocycles. The van der Waals surface area contributed by atoms with Crippen LogP contribution in [0.1, 0.15) is 25.3 Å². The second-order valence-electron chi connectivity index (χ2n) is 4.94. The topological polar surface area (TPSA) is 35.5 Å². The molecule has 3 atom stereocenters. The first kappa shape index (κ1) is 13.8. The number of hydrogen-bond acceptors (Lipinski definition) is 3. The molecule has 3 nitrogen and oxygen atoms in total. The Kier molecular flexibility index (Phi) is 4.74. The van der Waals surface area contributed by atoms with Crippen molar-refractivity contribution in [2.45, 2.75) is 38.6 Å². The highest BCUT2D eigenvalue weighted by Crippen LogP contribution is 2.32. The lowest BCUT2D eigenvalue weighted by atomic mass is 10.1. The molecule has 0 aromatic heterocycles. The van der Waals surface area contributed by atoms with E-state index in [1.807, 2.05) is 36.4 Å². The zero-order chi connectivity index (χ0) is 13.7. The lowest BCUT2D eigenvalue weighted by molar-refractivity contribution is -0.147. The van der Waals surface area contributed by atoms with Gasteiger partial charge in [0, 0.05) is 19.3 Å². The molecule has 0 bridgehead atoms. The molecule has 19 heavy (non-hydrogen) atoms. The number of esters is 1. The standard InChI is InChI=1S/C16H20O3/c1-3-14-9-15(10-16(14)19-12(2)17)18-11-13-7-5-4-6-8-13/h3-8,14-16H,1,9-11H2,2H3/t14-,15-,16+/m0/s1. The predicted molar refractivity (Wildman–Crippen MR) is 73.5 cm³/mol. The quantitative estimate of drug-likeness (QED) is 0.603. The molecule has 1 aromatic rings. The zero-order valence-electron chi connectivity index (χ0n) is 11.2. The summed E-state index contributed by atoms with van der Waals surface area (Å²) in [5.74, 6) is -0.0368. The predicted octanol–water partition coefficient (Wildman–Crippen LogP) is 3.10. The van der Waals surface area contributed by atoms with Crippen LogP contribution in [0.5, 0.6) is 0 Å². The van der Waals surface area contributed by atoms with Gasteiger partial charge in [-0.05, 0) is 12.0 Å². The van der Waals surface area contributed by atoms with E-state index in [0.29, 0.717) is 6.61 Å². The molecule has 1 aliphatic rings. The molecule has 3 heteroatoms. The monoisotopic (exact) mass is 260 g/mol. The summed E-state index contributed by atoms with van der Waals surface area (Å²) in [5, 5.41) is 0. The molecule has 0 spiro atoms. The van der Waals surface area contributed by atoms with Crippen LogP contribution >= 0.6 is 0 Å². The van der Waals surface area contributed by atoms with Crippen LogP contribution < -0.4 is 0 Å². The fourth-order valence-electron chi connectivity index (χ4n) is 2.51. The van der Waals surface area contributed by atoms with E-state index in [2.05, 4.69) is 6.58 Å². The minimum absolute atomic E-state index is 0.0872. The Morgan fingerprint density at radius 2 is 2.11 bits per heavy atom. The first-order chi connectivity index (χ1) is 9.19. The fraction of sp³-hybridized carbons (Fsp3) is 0.438. The van der Waals surface area contributed by atoms with Crippen LogP contribution in [0.2, 0.25) is 0 Å². The van der Waals surface area contributed by atoms with Gasteiger partial charge in [-0.15, -0.1) is 6.58 Å². The normalized spacial score (nSPS) is 26.1. The van der Waals surface area contributed by atoms with Crippen molar-refractivity contribution in [1.82, 2.24) is 0 Å². The highest BCUT2D eigenvalue weighted by atomic mass is 16.5. The maximum Gasteiger partial charge on any atom is 0.302 e. The first-order valence-electron chi connectivity index (χ1n) is 6.64. The van der Waals surface area contributed by atoms with E-state index in [-0.39, 0.29) is 24.1 Å². The van der Waals surface area contributed by atoms with Gasteiger partial charge in [-0.2, -0.15) is 0 Å². The molecular weight excluding hydrogens is 240 g/mol. The average molecular weight is 260 g/mol. The highest BCUT2D eigenvalue weighted by Gasteiger charge is 2.35. The van der Waals surface area contributed by atoms with E-state index in [1.165, 1.54) is 6.92 Å². The van der Waals surface area contributed by atoms with Gasteiger partial charge in [-0.3, -0.25) is 4.79 Å². The van der Waals surface area contributed by atoms with Gasteiger partial charge in [0.25, 0.3) is 0 Å². The maximum absolute atomic E-state index is 11.0. The SMILES string of the molecule is C=C[C@H]1C[C@H](OCc2ccccc2)C[C@H]1OC(C)=O. The van der Waals surface area contributed by atoms with Crippen LogP contribution in [0.25, 0.3) is 0 Å². The lowest BCUT2D eigenvalue weighted by Crippen LogP contribution is -2.19. The van der Waals surface area contributed by atoms with Crippen LogP contribution in [0, 0.1) is 5.92 Å². The van der Waals surface area contributed by atoms with Crippen molar-refractivity contribution in [2.24, 2.45) is 5.92 Å². The van der Waals surface area contributed by atoms with E-state index < -0.39 is 0 Å². The minimum Gasteiger partial charge on any atom is -0.462 e. The Morgan fingerprint density at radius 3 is 2.74 bits per heavy atom. The Balaban J connectivity index is 1.85. The van der Waals surface area contributed by atoms with Gasteiger partial charge < -0.3 is 9.47 Å². The second-order valence-corrected chi connectivity index (χ2v) is 4.94. The third-order valence-electron chi connectivity index (χ3n) is 3.46. The van der Waals surface area contributed by atoms with Gasteiger partial charge in [0.15, 0.2) is 0 Å². The van der Waals surface area contributed by atoms with Crippen LogP contribution in [0.15, 0.2) is 43.0 Å². The molecule has 2 rings (SSSR count). The molecule has 0 N–H and O–H groups in total. The Hall–Kier alpha value is -1.61. The highest BCUT2D eigenvalue weighted by molar-refractivity contribution is 5.66. The molecule has 0 amide bonds. The smallest absolute Gasteiger partial charge is 0.302 e. The summed E-state index contributed by atoms with van der Waals surface area (Å²) < 4.78 is 11.2. The van der Waals surface area contributed by atoms with Crippen molar-refractivity contribution in [1.29, 1.82) is 0 Å². The van der Waals surface area contributed by atoms with Crippen molar-refractivity contribution >= 4 is 5.97 Å². The van der Waals surface area contributed by atoms with Crippen molar-refractivity contribution < 1.29 is 14.3 Å². The number of carbonyl (C=O) groups excluding carboxylic acids is 1. The van der Waals surface area contributed by atoms with E-state index in [1.54, 1.807) is 0 Å². The summed E-state index contributed by atoms with van der Waals surface area (Å²) in [5.41, 5.74) is 1.16. The molecule has 0 unspecified atom stereocenters. The van der Waals surface area contributed by atoms with E-state index in [4.69, 9.17) is 9.47 Å². The molecule has 102 valence electrons. The number of rotatable bonds is 5. The summed E-state index contributed by atoms with van der Waals surface area (Å²) in [4.78, 5) is 11.0. The summed E-state index contributed by atoms with van der Waals surface area (Å²) in [6, 6.07) is 10.1. The fourth-order valence-corrected chi connectivity index (χ4v) is 2.51. The van der Waals surface area contributed by atoms with Crippen LogP contribution in [-0.4, -0.2) is 18.2 Å². The summed E-state index contributed by atoms with van der Waals surface area (Å²) >= 11 is 0. The van der Waals surface area contributed by atoms with Crippen molar-refractivity contribution in [2.75, 3.05) is 0 Å². The van der Waals surface area contributed by atoms with Gasteiger partial charge in [-0.25, -0.2) is 0 Å². The van der Waals surface area contributed by atoms with E-state index >= 15 is 0 Å². The molecular formula is C16H20O3. The summed E-state index contributed by atoms with van der Waals surface area (Å²) in [6.07, 6.45) is 3.53. The number of hydrogen-bond donors (Lipinski definition) is 0. The molecule has 1 fully saturated rings. The second kappa shape index (κ2) is 6.53. The molecule has 0 aliphatic heterocycles. The maximum atomic E-state index is 11.0. The summed E-state index contributed by atoms with van der Waals surface area (Å²) in [7, 11) is 0. The van der Waals surface area contributed by atoms with Crippen molar-refractivity contribution in [3.63, 3.8) is 0 Å². The summed E-state index contributed by atoms with van der Waals surface area (Å²) in [6.45, 7) is 5.85. The van der Waals surface area contributed by atoms with Crippen molar-refractivity contribution in [3.05, 3.63) is 48.6 Å².